The number of carbonyl (C=O) groups is 1. The second kappa shape index (κ2) is 9.07. The number of rotatable bonds is 8. The van der Waals surface area contributed by atoms with Crippen LogP contribution in [0.4, 0.5) is 5.69 Å². The van der Waals surface area contributed by atoms with Gasteiger partial charge in [0.25, 0.3) is 5.89 Å². The van der Waals surface area contributed by atoms with E-state index in [1.165, 1.54) is 0 Å². The van der Waals surface area contributed by atoms with Crippen LogP contribution in [0.1, 0.15) is 32.0 Å². The van der Waals surface area contributed by atoms with Gasteiger partial charge in [-0.2, -0.15) is 4.98 Å². The van der Waals surface area contributed by atoms with E-state index in [1.54, 1.807) is 12.0 Å². The Morgan fingerprint density at radius 1 is 1.06 bits per heavy atom. The summed E-state index contributed by atoms with van der Waals surface area (Å²) >= 11 is 0. The van der Waals surface area contributed by atoms with Crippen molar-refractivity contribution in [1.29, 1.82) is 0 Å². The third-order valence-corrected chi connectivity index (χ3v) is 5.11. The molecular formula is C23H25N3O5. The molecule has 2 aromatic carbocycles. The molecule has 162 valence electrons. The molecule has 1 aliphatic heterocycles. The first-order valence-corrected chi connectivity index (χ1v) is 10.3. The summed E-state index contributed by atoms with van der Waals surface area (Å²) in [6.45, 7) is 5.40. The van der Waals surface area contributed by atoms with E-state index < -0.39 is 0 Å². The molecule has 1 aliphatic rings. The topological polar surface area (TPSA) is 86.9 Å². The summed E-state index contributed by atoms with van der Waals surface area (Å²) in [5.41, 5.74) is 1.56. The lowest BCUT2D eigenvalue weighted by atomic mass is 10.1. The van der Waals surface area contributed by atoms with Gasteiger partial charge in [0.2, 0.25) is 5.91 Å². The van der Waals surface area contributed by atoms with Crippen LogP contribution >= 0.6 is 0 Å². The monoisotopic (exact) mass is 423 g/mol. The minimum absolute atomic E-state index is 0.0289. The van der Waals surface area contributed by atoms with E-state index in [4.69, 9.17) is 18.7 Å². The molecule has 1 atom stereocenters. The van der Waals surface area contributed by atoms with Crippen molar-refractivity contribution in [3.8, 4) is 28.7 Å². The molecule has 4 rings (SSSR count). The largest absolute Gasteiger partial charge is 0.497 e. The molecule has 8 nitrogen and oxygen atoms in total. The minimum Gasteiger partial charge on any atom is -0.497 e. The average molecular weight is 423 g/mol. The Balaban J connectivity index is 1.52. The van der Waals surface area contributed by atoms with Crippen molar-refractivity contribution in [1.82, 2.24) is 10.1 Å². The maximum Gasteiger partial charge on any atom is 0.258 e. The fraction of sp³-hybridized carbons (Fsp3) is 0.348. The Hall–Kier alpha value is -3.55. The van der Waals surface area contributed by atoms with E-state index >= 15 is 0 Å². The molecule has 0 aliphatic carbocycles. The van der Waals surface area contributed by atoms with Gasteiger partial charge in [-0.1, -0.05) is 5.16 Å². The van der Waals surface area contributed by atoms with Gasteiger partial charge in [0.15, 0.2) is 17.3 Å². The Kier molecular flexibility index (Phi) is 6.06. The number of benzene rings is 2. The molecule has 3 aromatic rings. The van der Waals surface area contributed by atoms with Crippen LogP contribution in [-0.2, 0) is 4.79 Å². The quantitative estimate of drug-likeness (QED) is 0.540. The van der Waals surface area contributed by atoms with Gasteiger partial charge in [0, 0.05) is 30.1 Å². The maximum atomic E-state index is 12.6. The van der Waals surface area contributed by atoms with Gasteiger partial charge in [-0.3, -0.25) is 4.79 Å². The van der Waals surface area contributed by atoms with Crippen LogP contribution in [0, 0.1) is 0 Å². The van der Waals surface area contributed by atoms with Crippen molar-refractivity contribution >= 4 is 11.6 Å². The maximum absolute atomic E-state index is 12.6. The van der Waals surface area contributed by atoms with Gasteiger partial charge in [-0.15, -0.1) is 0 Å². The third-order valence-electron chi connectivity index (χ3n) is 5.11. The number of ether oxygens (including phenoxy) is 3. The fourth-order valence-corrected chi connectivity index (χ4v) is 3.59. The summed E-state index contributed by atoms with van der Waals surface area (Å²) in [5, 5.41) is 4.14. The molecule has 1 fully saturated rings. The highest BCUT2D eigenvalue weighted by molar-refractivity contribution is 5.96. The predicted molar refractivity (Wildman–Crippen MR) is 115 cm³/mol. The molecule has 1 saturated heterocycles. The Morgan fingerprint density at radius 2 is 1.81 bits per heavy atom. The van der Waals surface area contributed by atoms with Gasteiger partial charge in [-0.25, -0.2) is 0 Å². The van der Waals surface area contributed by atoms with E-state index in [0.29, 0.717) is 49.4 Å². The zero-order chi connectivity index (χ0) is 21.8. The van der Waals surface area contributed by atoms with Crippen molar-refractivity contribution in [3.05, 3.63) is 48.3 Å². The lowest BCUT2D eigenvalue weighted by molar-refractivity contribution is -0.117. The third kappa shape index (κ3) is 4.33. The molecule has 0 spiro atoms. The Bertz CT molecular complexity index is 1050. The lowest BCUT2D eigenvalue weighted by Gasteiger charge is -2.16. The lowest BCUT2D eigenvalue weighted by Crippen LogP contribution is -2.24. The average Bonchev–Trinajstić information content (AvgIpc) is 3.42. The first kappa shape index (κ1) is 20.7. The summed E-state index contributed by atoms with van der Waals surface area (Å²) in [6, 6.07) is 12.9. The molecule has 0 N–H and O–H groups in total. The van der Waals surface area contributed by atoms with Crippen LogP contribution < -0.4 is 19.1 Å². The molecule has 1 aromatic heterocycles. The van der Waals surface area contributed by atoms with Crippen molar-refractivity contribution in [2.75, 3.05) is 31.8 Å². The zero-order valence-electron chi connectivity index (χ0n) is 17.8. The first-order valence-electron chi connectivity index (χ1n) is 10.3. The van der Waals surface area contributed by atoms with Gasteiger partial charge in [0.05, 0.1) is 20.3 Å². The molecule has 0 radical (unpaired) electrons. The van der Waals surface area contributed by atoms with Crippen molar-refractivity contribution in [2.45, 2.75) is 26.2 Å². The number of nitrogens with zero attached hydrogens (tertiary/aromatic N) is 3. The highest BCUT2D eigenvalue weighted by atomic mass is 16.5. The standard InChI is InChI=1S/C23H25N3O5/c1-4-29-19-11-6-15(12-20(19)30-5-2)23-24-22(25-31-23)16-13-21(27)26(14-16)17-7-9-18(28-3)10-8-17/h6-12,16H,4-5,13-14H2,1-3H3/t16-/m1/s1. The molecular weight excluding hydrogens is 398 g/mol. The second-order valence-corrected chi connectivity index (χ2v) is 7.09. The van der Waals surface area contributed by atoms with E-state index in [9.17, 15) is 4.79 Å². The molecule has 31 heavy (non-hydrogen) atoms. The van der Waals surface area contributed by atoms with Crippen molar-refractivity contribution < 1.29 is 23.5 Å². The van der Waals surface area contributed by atoms with Crippen LogP contribution in [0.5, 0.6) is 17.2 Å². The smallest absolute Gasteiger partial charge is 0.258 e. The van der Waals surface area contributed by atoms with E-state index in [0.717, 1.165) is 17.0 Å². The van der Waals surface area contributed by atoms with Gasteiger partial charge < -0.3 is 23.6 Å². The molecule has 0 saturated carbocycles. The van der Waals surface area contributed by atoms with Crippen LogP contribution in [0.15, 0.2) is 47.0 Å². The fourth-order valence-electron chi connectivity index (χ4n) is 3.59. The van der Waals surface area contributed by atoms with Gasteiger partial charge in [-0.05, 0) is 56.3 Å². The number of methoxy groups -OCH3 is 1. The van der Waals surface area contributed by atoms with Crippen molar-refractivity contribution in [2.24, 2.45) is 0 Å². The Labute approximate surface area is 180 Å². The molecule has 0 bridgehead atoms. The first-order chi connectivity index (χ1) is 15.1. The van der Waals surface area contributed by atoms with Crippen molar-refractivity contribution in [3.63, 3.8) is 0 Å². The molecule has 8 heteroatoms. The number of amides is 1. The number of carbonyl (C=O) groups excluding carboxylic acids is 1. The minimum atomic E-state index is -0.138. The summed E-state index contributed by atoms with van der Waals surface area (Å²) in [4.78, 5) is 18.9. The number of aromatic nitrogens is 2. The van der Waals surface area contributed by atoms with Gasteiger partial charge in [0.1, 0.15) is 5.75 Å². The number of hydrogen-bond donors (Lipinski definition) is 0. The van der Waals surface area contributed by atoms with E-state index in [2.05, 4.69) is 10.1 Å². The summed E-state index contributed by atoms with van der Waals surface area (Å²) in [7, 11) is 1.61. The van der Waals surface area contributed by atoms with Crippen LogP contribution in [0.2, 0.25) is 0 Å². The normalized spacial score (nSPS) is 15.9. The van der Waals surface area contributed by atoms with Crippen LogP contribution in [0.3, 0.4) is 0 Å². The van der Waals surface area contributed by atoms with Crippen LogP contribution in [-0.4, -0.2) is 42.9 Å². The highest BCUT2D eigenvalue weighted by Crippen LogP contribution is 2.35. The van der Waals surface area contributed by atoms with Gasteiger partial charge >= 0.3 is 0 Å². The SMILES string of the molecule is CCOc1ccc(-c2nc([C@@H]3CC(=O)N(c4ccc(OC)cc4)C3)no2)cc1OCC. The summed E-state index contributed by atoms with van der Waals surface area (Å²) in [6.07, 6.45) is 0.332. The zero-order valence-corrected chi connectivity index (χ0v) is 17.8. The molecule has 0 unspecified atom stereocenters. The molecule has 1 amide bonds. The predicted octanol–water partition coefficient (Wildman–Crippen LogP) is 4.06. The summed E-state index contributed by atoms with van der Waals surface area (Å²) in [5.74, 6) is 2.84. The van der Waals surface area contributed by atoms with E-state index in [1.807, 2.05) is 56.3 Å². The van der Waals surface area contributed by atoms with Crippen LogP contribution in [0.25, 0.3) is 11.5 Å². The highest BCUT2D eigenvalue weighted by Gasteiger charge is 2.34. The number of hydrogen-bond acceptors (Lipinski definition) is 7. The molecule has 2 heterocycles. The second-order valence-electron chi connectivity index (χ2n) is 7.09. The number of anilines is 1. The summed E-state index contributed by atoms with van der Waals surface area (Å²) < 4.78 is 22.0. The Morgan fingerprint density at radius 3 is 2.52 bits per heavy atom. The van der Waals surface area contributed by atoms with E-state index in [-0.39, 0.29) is 11.8 Å².